The number of hydrogen-bond acceptors (Lipinski definition) is 7. The SMILES string of the molecule is C#CCn1c(=NC(=O)C=Cc2cc(OC)c(OC)c(OC)c2)sc2cc(OC)c(OC)cc21. The first-order valence-corrected chi connectivity index (χ1v) is 10.6. The lowest BCUT2D eigenvalue weighted by Gasteiger charge is -2.12. The predicted molar refractivity (Wildman–Crippen MR) is 127 cm³/mol. The second-order valence-electron chi connectivity index (χ2n) is 6.59. The van der Waals surface area contributed by atoms with E-state index in [2.05, 4.69) is 10.9 Å². The Labute approximate surface area is 195 Å². The van der Waals surface area contributed by atoms with E-state index in [1.807, 2.05) is 12.1 Å². The zero-order valence-corrected chi connectivity index (χ0v) is 19.8. The van der Waals surface area contributed by atoms with Crippen LogP contribution in [0.1, 0.15) is 5.56 Å². The molecule has 0 aliphatic carbocycles. The number of amides is 1. The minimum absolute atomic E-state index is 0.248. The van der Waals surface area contributed by atoms with Crippen molar-refractivity contribution < 1.29 is 28.5 Å². The van der Waals surface area contributed by atoms with Crippen LogP contribution in [0.2, 0.25) is 0 Å². The number of hydrogen-bond donors (Lipinski definition) is 0. The molecule has 0 unspecified atom stereocenters. The third-order valence-corrected chi connectivity index (χ3v) is 5.79. The van der Waals surface area contributed by atoms with Crippen molar-refractivity contribution in [3.63, 3.8) is 0 Å². The van der Waals surface area contributed by atoms with Gasteiger partial charge in [0.25, 0.3) is 5.91 Å². The summed E-state index contributed by atoms with van der Waals surface area (Å²) in [5, 5.41) is 0. The van der Waals surface area contributed by atoms with Gasteiger partial charge >= 0.3 is 0 Å². The highest BCUT2D eigenvalue weighted by Crippen LogP contribution is 2.38. The first kappa shape index (κ1) is 23.8. The Kier molecular flexibility index (Phi) is 7.64. The normalized spacial score (nSPS) is 11.5. The molecule has 3 rings (SSSR count). The van der Waals surface area contributed by atoms with Crippen molar-refractivity contribution in [3.05, 3.63) is 40.7 Å². The van der Waals surface area contributed by atoms with Crippen LogP contribution in [0.5, 0.6) is 28.7 Å². The Hall–Kier alpha value is -3.90. The van der Waals surface area contributed by atoms with Gasteiger partial charge in [-0.05, 0) is 23.8 Å². The molecule has 0 spiro atoms. The molecule has 8 nitrogen and oxygen atoms in total. The Bertz CT molecular complexity index is 1290. The van der Waals surface area contributed by atoms with Crippen molar-refractivity contribution in [2.45, 2.75) is 6.54 Å². The van der Waals surface area contributed by atoms with Crippen molar-refractivity contribution in [3.8, 4) is 41.1 Å². The summed E-state index contributed by atoms with van der Waals surface area (Å²) < 4.78 is 29.4. The number of fused-ring (bicyclic) bond motifs is 1. The highest BCUT2D eigenvalue weighted by Gasteiger charge is 2.14. The molecule has 0 aliphatic heterocycles. The van der Waals surface area contributed by atoms with E-state index < -0.39 is 5.91 Å². The molecule has 0 N–H and O–H groups in total. The number of terminal acetylenes is 1. The van der Waals surface area contributed by atoms with Gasteiger partial charge in [-0.1, -0.05) is 17.3 Å². The molecule has 172 valence electrons. The van der Waals surface area contributed by atoms with E-state index in [9.17, 15) is 4.79 Å². The first-order valence-electron chi connectivity index (χ1n) is 9.75. The van der Waals surface area contributed by atoms with E-state index in [0.717, 1.165) is 10.2 Å². The van der Waals surface area contributed by atoms with Gasteiger partial charge in [0.1, 0.15) is 0 Å². The van der Waals surface area contributed by atoms with Crippen LogP contribution >= 0.6 is 11.3 Å². The summed E-state index contributed by atoms with van der Waals surface area (Å²) in [6, 6.07) is 7.13. The third kappa shape index (κ3) is 4.96. The Morgan fingerprint density at radius 1 is 0.970 bits per heavy atom. The predicted octanol–water partition coefficient (Wildman–Crippen LogP) is 3.52. The largest absolute Gasteiger partial charge is 0.493 e. The summed E-state index contributed by atoms with van der Waals surface area (Å²) >= 11 is 1.33. The van der Waals surface area contributed by atoms with Gasteiger partial charge in [0.15, 0.2) is 27.8 Å². The summed E-state index contributed by atoms with van der Waals surface area (Å²) in [4.78, 5) is 17.4. The van der Waals surface area contributed by atoms with E-state index in [4.69, 9.17) is 30.1 Å². The fraction of sp³-hybridized carbons (Fsp3) is 0.250. The van der Waals surface area contributed by atoms with Crippen LogP contribution in [0.15, 0.2) is 35.3 Å². The molecular formula is C24H24N2O6S. The number of nitrogens with zero attached hydrogens (tertiary/aromatic N) is 2. The minimum Gasteiger partial charge on any atom is -0.493 e. The highest BCUT2D eigenvalue weighted by molar-refractivity contribution is 7.16. The van der Waals surface area contributed by atoms with Gasteiger partial charge < -0.3 is 28.3 Å². The average molecular weight is 469 g/mol. The lowest BCUT2D eigenvalue weighted by molar-refractivity contribution is -0.113. The smallest absolute Gasteiger partial charge is 0.272 e. The molecule has 33 heavy (non-hydrogen) atoms. The maximum Gasteiger partial charge on any atom is 0.272 e. The van der Waals surface area contributed by atoms with Crippen LogP contribution in [0.3, 0.4) is 0 Å². The number of thiazole rings is 1. The Morgan fingerprint density at radius 3 is 2.12 bits per heavy atom. The van der Waals surface area contributed by atoms with Crippen molar-refractivity contribution >= 4 is 33.5 Å². The maximum absolute atomic E-state index is 12.6. The third-order valence-electron chi connectivity index (χ3n) is 4.75. The van der Waals surface area contributed by atoms with Crippen molar-refractivity contribution in [2.75, 3.05) is 35.5 Å². The van der Waals surface area contributed by atoms with Crippen molar-refractivity contribution in [2.24, 2.45) is 4.99 Å². The molecule has 1 aromatic heterocycles. The van der Waals surface area contributed by atoms with Gasteiger partial charge in [-0.2, -0.15) is 4.99 Å². The molecule has 1 heterocycles. The van der Waals surface area contributed by atoms with E-state index in [1.165, 1.54) is 38.7 Å². The molecule has 9 heteroatoms. The van der Waals surface area contributed by atoms with Crippen LogP contribution in [-0.4, -0.2) is 46.0 Å². The Morgan fingerprint density at radius 2 is 1.58 bits per heavy atom. The zero-order chi connectivity index (χ0) is 24.0. The lowest BCUT2D eigenvalue weighted by Crippen LogP contribution is -2.15. The molecule has 0 saturated heterocycles. The van der Waals surface area contributed by atoms with E-state index in [-0.39, 0.29) is 6.54 Å². The quantitative estimate of drug-likeness (QED) is 0.372. The van der Waals surface area contributed by atoms with Gasteiger partial charge in [0.2, 0.25) is 5.75 Å². The van der Waals surface area contributed by atoms with Gasteiger partial charge in [-0.15, -0.1) is 6.42 Å². The number of rotatable bonds is 8. The molecule has 0 bridgehead atoms. The number of aromatic nitrogens is 1. The summed E-state index contributed by atoms with van der Waals surface area (Å²) in [7, 11) is 7.71. The zero-order valence-electron chi connectivity index (χ0n) is 19.0. The number of methoxy groups -OCH3 is 5. The standard InChI is InChI=1S/C24H24N2O6S/c1-7-10-26-16-13-17(28-2)18(29-3)14-21(16)33-24(26)25-22(27)9-8-15-11-19(30-4)23(32-6)20(12-15)31-5/h1,8-9,11-14H,10H2,2-6H3. The monoisotopic (exact) mass is 468 g/mol. The minimum atomic E-state index is -0.444. The summed E-state index contributed by atoms with van der Waals surface area (Å²) in [6.07, 6.45) is 8.55. The first-order chi connectivity index (χ1) is 16.0. The Balaban J connectivity index is 2.02. The van der Waals surface area contributed by atoms with Crippen LogP contribution in [0.25, 0.3) is 16.3 Å². The van der Waals surface area contributed by atoms with Gasteiger partial charge in [-0.3, -0.25) is 4.79 Å². The molecule has 0 aliphatic rings. The topological polar surface area (TPSA) is 80.5 Å². The van der Waals surface area contributed by atoms with Crippen LogP contribution in [0.4, 0.5) is 0 Å². The molecule has 3 aromatic rings. The second-order valence-corrected chi connectivity index (χ2v) is 7.60. The molecule has 0 saturated carbocycles. The molecular weight excluding hydrogens is 444 g/mol. The van der Waals surface area contributed by atoms with Gasteiger partial charge in [-0.25, -0.2) is 0 Å². The maximum atomic E-state index is 12.6. The molecule has 1 amide bonds. The van der Waals surface area contributed by atoms with Crippen LogP contribution in [0, 0.1) is 12.3 Å². The summed E-state index contributed by atoms with van der Waals surface area (Å²) in [6.45, 7) is 0.248. The lowest BCUT2D eigenvalue weighted by atomic mass is 10.1. The molecule has 0 atom stereocenters. The second kappa shape index (κ2) is 10.6. The number of carbonyl (C=O) groups is 1. The fourth-order valence-electron chi connectivity index (χ4n) is 3.22. The average Bonchev–Trinajstić information content (AvgIpc) is 3.16. The molecule has 0 fully saturated rings. The van der Waals surface area contributed by atoms with Gasteiger partial charge in [0, 0.05) is 18.2 Å². The number of benzene rings is 2. The fourth-order valence-corrected chi connectivity index (χ4v) is 4.27. The van der Waals surface area contributed by atoms with E-state index in [0.29, 0.717) is 39.1 Å². The van der Waals surface area contributed by atoms with E-state index >= 15 is 0 Å². The number of carbonyl (C=O) groups excluding carboxylic acids is 1. The summed E-state index contributed by atoms with van der Waals surface area (Å²) in [5.41, 5.74) is 1.49. The highest BCUT2D eigenvalue weighted by atomic mass is 32.1. The van der Waals surface area contributed by atoms with E-state index in [1.54, 1.807) is 37.0 Å². The number of ether oxygens (including phenoxy) is 5. The van der Waals surface area contributed by atoms with Gasteiger partial charge in [0.05, 0.1) is 52.3 Å². The summed E-state index contributed by atoms with van der Waals surface area (Å²) in [5.74, 6) is 4.75. The molecule has 0 radical (unpaired) electrons. The molecule has 2 aromatic carbocycles. The van der Waals surface area contributed by atoms with Crippen molar-refractivity contribution in [1.29, 1.82) is 0 Å². The van der Waals surface area contributed by atoms with Crippen LogP contribution < -0.4 is 28.5 Å². The van der Waals surface area contributed by atoms with Crippen LogP contribution in [-0.2, 0) is 11.3 Å². The van der Waals surface area contributed by atoms with Crippen molar-refractivity contribution in [1.82, 2.24) is 4.57 Å².